The SMILES string of the molecule is [2H]c1c([2H])c(C)c([2H])c(OCC([2H])(O)CCC([2H])([2H])Cc2c([2H])c([2H])c(OC([2H])([2H])[2H])c(OC([2H])([2H])[2H])c2[2H])c1[2H]. The Bertz CT molecular complexity index is 1260. The van der Waals surface area contributed by atoms with E-state index in [2.05, 4.69) is 4.74 Å². The molecule has 25 heavy (non-hydrogen) atoms. The second kappa shape index (κ2) is 9.94. The van der Waals surface area contributed by atoms with E-state index in [1.165, 1.54) is 6.92 Å². The first kappa shape index (κ1) is 6.84. The first-order valence-electron chi connectivity index (χ1n) is 15.3. The molecule has 4 heteroatoms. The van der Waals surface area contributed by atoms with Crippen LogP contribution in [0.3, 0.4) is 0 Å². The van der Waals surface area contributed by atoms with Crippen LogP contribution in [0.2, 0.25) is 0 Å². The minimum atomic E-state index is -3.21. The van der Waals surface area contributed by atoms with Gasteiger partial charge in [0.15, 0.2) is 11.5 Å². The van der Waals surface area contributed by atoms with Gasteiger partial charge in [0.25, 0.3) is 0 Å². The van der Waals surface area contributed by atoms with Crippen LogP contribution in [0.1, 0.15) is 52.3 Å². The molecule has 0 aliphatic heterocycles. The summed E-state index contributed by atoms with van der Waals surface area (Å²) < 4.78 is 139. The van der Waals surface area contributed by atoms with E-state index in [1.54, 1.807) is 0 Å². The predicted octanol–water partition coefficient (Wildman–Crippen LogP) is 4.16. The average Bonchev–Trinajstić information content (AvgIpc) is 2.82. The van der Waals surface area contributed by atoms with Gasteiger partial charge in [-0.3, -0.25) is 0 Å². The van der Waals surface area contributed by atoms with Crippen molar-refractivity contribution in [2.24, 2.45) is 0 Å². The summed E-state index contributed by atoms with van der Waals surface area (Å²) in [4.78, 5) is 0. The molecule has 2 rings (SSSR count). The molecule has 0 aromatic heterocycles. The molecule has 1 atom stereocenters. The van der Waals surface area contributed by atoms with E-state index >= 15 is 0 Å². The highest BCUT2D eigenvalue weighted by molar-refractivity contribution is 5.42. The zero-order valence-corrected chi connectivity index (χ0v) is 13.5. The molecule has 4 nitrogen and oxygen atoms in total. The van der Waals surface area contributed by atoms with Crippen LogP contribution in [-0.4, -0.2) is 31.9 Å². The fourth-order valence-electron chi connectivity index (χ4n) is 1.81. The number of hydrogen-bond donors (Lipinski definition) is 1. The molecule has 0 heterocycles. The highest BCUT2D eigenvalue weighted by Gasteiger charge is 2.07. The van der Waals surface area contributed by atoms with Crippen LogP contribution in [-0.2, 0) is 6.42 Å². The number of rotatable bonds is 10. The molecular weight excluding hydrogens is 316 g/mol. The van der Waals surface area contributed by atoms with Crippen LogP contribution in [0.4, 0.5) is 0 Å². The number of ether oxygens (including phenoxy) is 3. The fourth-order valence-corrected chi connectivity index (χ4v) is 1.81. The number of methoxy groups -OCH3 is 2. The van der Waals surface area contributed by atoms with Crippen LogP contribution in [0.25, 0.3) is 0 Å². The molecular formula is C21H28O4. The molecule has 0 saturated carbocycles. The van der Waals surface area contributed by atoms with Crippen molar-refractivity contribution >= 4 is 0 Å². The first-order valence-corrected chi connectivity index (χ1v) is 7.30. The molecule has 136 valence electrons. The standard InChI is InChI=1S/C21H28O4/c1-16-7-6-10-19(13-16)25-15-18(22)9-5-4-8-17-11-12-20(23-2)21(14-17)24-3/h6-7,10-14,18,22H,4-5,8-9,15H2,1-3H3/i2D3,3D3,4D2,6D,7D,10D,11D,12D,13D,14D,18D. The summed E-state index contributed by atoms with van der Waals surface area (Å²) in [5.41, 5.74) is -0.456. The van der Waals surface area contributed by atoms with Gasteiger partial charge in [0.1, 0.15) is 12.4 Å². The highest BCUT2D eigenvalue weighted by Crippen LogP contribution is 2.28. The third kappa shape index (κ3) is 6.31. The lowest BCUT2D eigenvalue weighted by atomic mass is 10.0. The minimum absolute atomic E-state index is 0.0501. The lowest BCUT2D eigenvalue weighted by Crippen LogP contribution is -2.17. The van der Waals surface area contributed by atoms with Gasteiger partial charge in [-0.15, -0.1) is 0 Å². The van der Waals surface area contributed by atoms with Gasteiger partial charge in [-0.1, -0.05) is 24.5 Å². The zero-order chi connectivity index (χ0) is 31.9. The second-order valence-corrected chi connectivity index (χ2v) is 4.95. The van der Waals surface area contributed by atoms with E-state index in [0.29, 0.717) is 0 Å². The van der Waals surface area contributed by atoms with Crippen LogP contribution in [0, 0.1) is 6.92 Å². The van der Waals surface area contributed by atoms with Crippen molar-refractivity contribution in [2.75, 3.05) is 20.7 Å². The van der Waals surface area contributed by atoms with Crippen molar-refractivity contribution in [3.63, 3.8) is 0 Å². The first-order chi connectivity index (χ1) is 18.4. The van der Waals surface area contributed by atoms with Gasteiger partial charge in [-0.25, -0.2) is 0 Å². The lowest BCUT2D eigenvalue weighted by molar-refractivity contribution is 0.0976. The van der Waals surface area contributed by atoms with Crippen LogP contribution in [0.15, 0.2) is 42.3 Å². The maximum absolute atomic E-state index is 10.5. The molecule has 0 fully saturated rings. The van der Waals surface area contributed by atoms with Crippen molar-refractivity contribution < 1.29 is 41.2 Å². The maximum Gasteiger partial charge on any atom is 0.160 e. The number of hydrogen-bond acceptors (Lipinski definition) is 4. The van der Waals surface area contributed by atoms with Crippen molar-refractivity contribution in [1.82, 2.24) is 0 Å². The predicted molar refractivity (Wildman–Crippen MR) is 99.8 cm³/mol. The Balaban J connectivity index is 2.31. The molecule has 2 aromatic carbocycles. The lowest BCUT2D eigenvalue weighted by Gasteiger charge is -2.13. The van der Waals surface area contributed by atoms with Crippen LogP contribution in [0.5, 0.6) is 17.2 Å². The van der Waals surface area contributed by atoms with Crippen molar-refractivity contribution in [3.8, 4) is 17.2 Å². The molecule has 0 radical (unpaired) electrons. The van der Waals surface area contributed by atoms with Crippen molar-refractivity contribution in [2.45, 2.75) is 38.6 Å². The summed E-state index contributed by atoms with van der Waals surface area (Å²) in [6.45, 7) is 0.537. The van der Waals surface area contributed by atoms with Crippen molar-refractivity contribution in [1.29, 1.82) is 0 Å². The summed E-state index contributed by atoms with van der Waals surface area (Å²) >= 11 is 0. The number of benzene rings is 2. The average molecular weight is 361 g/mol. The molecule has 1 N–H and O–H groups in total. The Morgan fingerprint density at radius 2 is 2.04 bits per heavy atom. The third-order valence-corrected chi connectivity index (χ3v) is 3.00. The fraction of sp³-hybridized carbons (Fsp3) is 0.429. The normalized spacial score (nSPS) is 23.9. The molecule has 0 amide bonds. The van der Waals surface area contributed by atoms with Gasteiger partial charge in [0.2, 0.25) is 0 Å². The summed E-state index contributed by atoms with van der Waals surface area (Å²) in [6.07, 6.45) is -6.81. The van der Waals surface area contributed by atoms with E-state index in [1.807, 2.05) is 0 Å². The topological polar surface area (TPSA) is 47.9 Å². The van der Waals surface area contributed by atoms with E-state index in [-0.39, 0.29) is 17.6 Å². The Morgan fingerprint density at radius 3 is 2.88 bits per heavy atom. The van der Waals surface area contributed by atoms with Crippen molar-refractivity contribution in [3.05, 3.63) is 53.4 Å². The Hall–Kier alpha value is -2.20. The molecule has 0 bridgehead atoms. The van der Waals surface area contributed by atoms with Gasteiger partial charge in [0.05, 0.1) is 39.3 Å². The summed E-state index contributed by atoms with van der Waals surface area (Å²) in [5.74, 6) is -2.41. The zero-order valence-electron chi connectivity index (χ0n) is 29.5. The Labute approximate surface area is 172 Å². The Morgan fingerprint density at radius 1 is 1.20 bits per heavy atom. The van der Waals surface area contributed by atoms with Gasteiger partial charge in [0, 0.05) is 2.74 Å². The van der Waals surface area contributed by atoms with Gasteiger partial charge >= 0.3 is 0 Å². The largest absolute Gasteiger partial charge is 0.493 e. The van der Waals surface area contributed by atoms with E-state index in [4.69, 9.17) is 31.4 Å². The molecule has 0 aliphatic rings. The molecule has 0 spiro atoms. The molecule has 2 aromatic rings. The van der Waals surface area contributed by atoms with E-state index in [9.17, 15) is 5.11 Å². The summed E-state index contributed by atoms with van der Waals surface area (Å²) in [6, 6.07) is -4.47. The highest BCUT2D eigenvalue weighted by atomic mass is 16.5. The molecule has 0 aliphatic carbocycles. The smallest absolute Gasteiger partial charge is 0.160 e. The van der Waals surface area contributed by atoms with Gasteiger partial charge < -0.3 is 19.3 Å². The van der Waals surface area contributed by atoms with E-state index in [0.717, 1.165) is 0 Å². The quantitative estimate of drug-likeness (QED) is 0.691. The molecule has 1 unspecified atom stereocenters. The van der Waals surface area contributed by atoms with Gasteiger partial charge in [-0.05, 0) is 61.4 Å². The molecule has 0 saturated heterocycles. The Kier molecular flexibility index (Phi) is 2.72. The third-order valence-electron chi connectivity index (χ3n) is 3.00. The van der Waals surface area contributed by atoms with E-state index < -0.39 is 105 Å². The van der Waals surface area contributed by atoms with Gasteiger partial charge in [-0.2, -0.15) is 0 Å². The minimum Gasteiger partial charge on any atom is -0.493 e. The van der Waals surface area contributed by atoms with Crippen LogP contribution >= 0.6 is 0 Å². The summed E-state index contributed by atoms with van der Waals surface area (Å²) in [7, 11) is -6.40. The maximum atomic E-state index is 10.5. The number of aliphatic hydroxyl groups is 1. The summed E-state index contributed by atoms with van der Waals surface area (Å²) in [5, 5.41) is 10.5. The monoisotopic (exact) mass is 360 g/mol. The second-order valence-electron chi connectivity index (χ2n) is 4.95. The van der Waals surface area contributed by atoms with Crippen LogP contribution < -0.4 is 14.2 Å².